The number of ether oxygens (including phenoxy) is 2. The number of hydrogen-bond acceptors (Lipinski definition) is 5. The first-order chi connectivity index (χ1) is 13.1. The average Bonchev–Trinajstić information content (AvgIpc) is 3.01. The zero-order valence-corrected chi connectivity index (χ0v) is 15.8. The maximum absolute atomic E-state index is 12.7. The van der Waals surface area contributed by atoms with Crippen molar-refractivity contribution in [1.82, 2.24) is 9.47 Å². The fourth-order valence-electron chi connectivity index (χ4n) is 5.64. The van der Waals surface area contributed by atoms with E-state index in [0.29, 0.717) is 18.3 Å². The summed E-state index contributed by atoms with van der Waals surface area (Å²) in [4.78, 5) is 15.2. The van der Waals surface area contributed by atoms with Gasteiger partial charge in [-0.2, -0.15) is 0 Å². The smallest absolute Gasteiger partial charge is 0.418 e. The van der Waals surface area contributed by atoms with E-state index < -0.39 is 6.29 Å². The van der Waals surface area contributed by atoms with Crippen LogP contribution in [0, 0.1) is 11.8 Å². The van der Waals surface area contributed by atoms with E-state index >= 15 is 0 Å². The maximum atomic E-state index is 12.7. The van der Waals surface area contributed by atoms with Gasteiger partial charge in [0.25, 0.3) is 0 Å². The van der Waals surface area contributed by atoms with Crippen molar-refractivity contribution in [3.8, 4) is 0 Å². The van der Waals surface area contributed by atoms with Crippen molar-refractivity contribution >= 4 is 17.0 Å². The normalized spacial score (nSPS) is 33.2. The Labute approximate surface area is 158 Å². The average molecular weight is 370 g/mol. The number of hydrogen-bond donors (Lipinski definition) is 1. The molecule has 1 aromatic carbocycles. The summed E-state index contributed by atoms with van der Waals surface area (Å²) in [6.45, 7) is 4.01. The predicted molar refractivity (Wildman–Crippen MR) is 101 cm³/mol. The fraction of sp³-hybridized carbons (Fsp3) is 0.571. The number of aromatic nitrogens is 1. The summed E-state index contributed by atoms with van der Waals surface area (Å²) < 4.78 is 12.6. The van der Waals surface area contributed by atoms with Crippen molar-refractivity contribution in [2.75, 3.05) is 20.2 Å². The van der Waals surface area contributed by atoms with Gasteiger partial charge in [0.2, 0.25) is 0 Å². The monoisotopic (exact) mass is 370 g/mol. The molecule has 6 nitrogen and oxygen atoms in total. The molecule has 144 valence electrons. The number of methoxy groups -OCH3 is 1. The van der Waals surface area contributed by atoms with Crippen molar-refractivity contribution in [3.63, 3.8) is 0 Å². The Balaban J connectivity index is 1.62. The van der Waals surface area contributed by atoms with Gasteiger partial charge < -0.3 is 14.6 Å². The quantitative estimate of drug-likeness (QED) is 0.773. The molecule has 3 aliphatic heterocycles. The summed E-state index contributed by atoms with van der Waals surface area (Å²) in [5.41, 5.74) is 3.29. The van der Waals surface area contributed by atoms with Gasteiger partial charge in [0, 0.05) is 30.8 Å². The number of nitrogens with zero attached hydrogens (tertiary/aromatic N) is 2. The van der Waals surface area contributed by atoms with Crippen LogP contribution in [0.4, 0.5) is 4.79 Å². The van der Waals surface area contributed by atoms with Gasteiger partial charge in [-0.1, -0.05) is 18.2 Å². The van der Waals surface area contributed by atoms with E-state index in [2.05, 4.69) is 17.9 Å². The van der Waals surface area contributed by atoms with Gasteiger partial charge in [-0.15, -0.1) is 0 Å². The van der Waals surface area contributed by atoms with Gasteiger partial charge in [0.1, 0.15) is 0 Å². The lowest BCUT2D eigenvalue weighted by Gasteiger charge is -2.50. The van der Waals surface area contributed by atoms with Crippen LogP contribution in [0.15, 0.2) is 24.3 Å². The van der Waals surface area contributed by atoms with Crippen LogP contribution in [-0.2, 0) is 15.9 Å². The summed E-state index contributed by atoms with van der Waals surface area (Å²) in [5, 5.41) is 11.2. The molecular weight excluding hydrogens is 344 g/mol. The van der Waals surface area contributed by atoms with Crippen LogP contribution in [0.2, 0.25) is 0 Å². The summed E-state index contributed by atoms with van der Waals surface area (Å²) in [7, 11) is 1.44. The molecule has 1 N–H and O–H groups in total. The molecule has 3 aliphatic rings. The highest BCUT2D eigenvalue weighted by molar-refractivity contribution is 5.94. The topological polar surface area (TPSA) is 63.9 Å². The molecule has 6 heteroatoms. The molecule has 0 amide bonds. The highest BCUT2D eigenvalue weighted by Gasteiger charge is 2.46. The van der Waals surface area contributed by atoms with Crippen LogP contribution in [0.25, 0.3) is 10.9 Å². The van der Waals surface area contributed by atoms with E-state index in [1.807, 2.05) is 18.2 Å². The van der Waals surface area contributed by atoms with Gasteiger partial charge in [-0.3, -0.25) is 4.90 Å². The lowest BCUT2D eigenvalue weighted by atomic mass is 9.73. The fourth-order valence-corrected chi connectivity index (χ4v) is 5.64. The lowest BCUT2D eigenvalue weighted by molar-refractivity contribution is -0.209. The van der Waals surface area contributed by atoms with E-state index in [0.717, 1.165) is 42.5 Å². The summed E-state index contributed by atoms with van der Waals surface area (Å²) in [6, 6.07) is 8.29. The molecule has 2 aromatic rings. The zero-order valence-electron chi connectivity index (χ0n) is 15.8. The van der Waals surface area contributed by atoms with Gasteiger partial charge in [-0.05, 0) is 37.3 Å². The van der Waals surface area contributed by atoms with Gasteiger partial charge in [-0.25, -0.2) is 9.36 Å². The number of benzene rings is 1. The Hall–Kier alpha value is -1.89. The number of aliphatic hydroxyl groups is 1. The highest BCUT2D eigenvalue weighted by Crippen LogP contribution is 2.47. The molecule has 0 saturated carbocycles. The summed E-state index contributed by atoms with van der Waals surface area (Å²) in [5.74, 6) is 0.835. The number of carbonyl (C=O) groups is 1. The minimum atomic E-state index is -0.678. The first kappa shape index (κ1) is 17.2. The second kappa shape index (κ2) is 6.33. The molecule has 0 spiro atoms. The number of fused-ring (bicyclic) bond motifs is 6. The third-order valence-electron chi connectivity index (χ3n) is 6.84. The van der Waals surface area contributed by atoms with Crippen molar-refractivity contribution in [1.29, 1.82) is 0 Å². The Morgan fingerprint density at radius 3 is 2.93 bits per heavy atom. The highest BCUT2D eigenvalue weighted by atomic mass is 16.6. The molecule has 0 aliphatic carbocycles. The number of para-hydroxylation sites is 1. The van der Waals surface area contributed by atoms with Crippen LogP contribution in [0.3, 0.4) is 0 Å². The SMILES string of the molecule is COC(=O)n1c2c(c3ccccc31)CCN1CC3C(CC(O)OC3C)CC21. The van der Waals surface area contributed by atoms with Crippen LogP contribution in [0.5, 0.6) is 0 Å². The first-order valence-corrected chi connectivity index (χ1v) is 9.86. The second-order valence-electron chi connectivity index (χ2n) is 8.14. The minimum Gasteiger partial charge on any atom is -0.452 e. The Bertz CT molecular complexity index is 892. The van der Waals surface area contributed by atoms with E-state index in [-0.39, 0.29) is 18.2 Å². The summed E-state index contributed by atoms with van der Waals surface area (Å²) in [6.07, 6.45) is 1.61. The van der Waals surface area contributed by atoms with Crippen molar-refractivity contribution < 1.29 is 19.4 Å². The van der Waals surface area contributed by atoms with Crippen LogP contribution in [-0.4, -0.2) is 53.3 Å². The Morgan fingerprint density at radius 1 is 1.30 bits per heavy atom. The van der Waals surface area contributed by atoms with Crippen LogP contribution in [0.1, 0.15) is 37.1 Å². The third-order valence-corrected chi connectivity index (χ3v) is 6.84. The molecule has 4 heterocycles. The molecule has 0 bridgehead atoms. The molecule has 27 heavy (non-hydrogen) atoms. The molecule has 2 saturated heterocycles. The van der Waals surface area contributed by atoms with Gasteiger partial charge in [0.05, 0.1) is 30.5 Å². The lowest BCUT2D eigenvalue weighted by Crippen LogP contribution is -2.53. The Kier molecular flexibility index (Phi) is 4.04. The van der Waals surface area contributed by atoms with Crippen LogP contribution >= 0.6 is 0 Å². The molecular formula is C21H26N2O4. The van der Waals surface area contributed by atoms with Crippen molar-refractivity contribution in [2.24, 2.45) is 11.8 Å². The van der Waals surface area contributed by atoms with E-state index in [9.17, 15) is 9.90 Å². The minimum absolute atomic E-state index is 0.0626. The van der Waals surface area contributed by atoms with E-state index in [1.165, 1.54) is 12.7 Å². The molecule has 0 radical (unpaired) electrons. The first-order valence-electron chi connectivity index (χ1n) is 9.86. The summed E-state index contributed by atoms with van der Waals surface area (Å²) >= 11 is 0. The molecule has 5 atom stereocenters. The molecule has 5 rings (SSSR count). The standard InChI is InChI=1S/C21H26N2O4/c1-12-16-11-22-8-7-15-14-5-3-4-6-17(14)23(21(25)26-2)20(15)18(22)9-13(16)10-19(24)27-12/h3-6,12-13,16,18-19,24H,7-11H2,1-2H3. The van der Waals surface area contributed by atoms with E-state index in [1.54, 1.807) is 4.57 Å². The van der Waals surface area contributed by atoms with Crippen molar-refractivity contribution in [2.45, 2.75) is 44.6 Å². The number of rotatable bonds is 0. The maximum Gasteiger partial charge on any atom is 0.418 e. The largest absolute Gasteiger partial charge is 0.452 e. The second-order valence-corrected chi connectivity index (χ2v) is 8.14. The van der Waals surface area contributed by atoms with Crippen LogP contribution < -0.4 is 0 Å². The Morgan fingerprint density at radius 2 is 2.11 bits per heavy atom. The molecule has 1 aromatic heterocycles. The number of carbonyl (C=O) groups excluding carboxylic acids is 1. The number of aliphatic hydroxyl groups excluding tert-OH is 1. The molecule has 5 unspecified atom stereocenters. The van der Waals surface area contributed by atoms with Gasteiger partial charge in [0.15, 0.2) is 6.29 Å². The van der Waals surface area contributed by atoms with Crippen molar-refractivity contribution in [3.05, 3.63) is 35.5 Å². The number of piperidine rings is 1. The third kappa shape index (κ3) is 2.54. The molecule has 2 fully saturated rings. The van der Waals surface area contributed by atoms with Gasteiger partial charge >= 0.3 is 6.09 Å². The predicted octanol–water partition coefficient (Wildman–Crippen LogP) is 2.92. The zero-order chi connectivity index (χ0) is 18.7. The van der Waals surface area contributed by atoms with E-state index in [4.69, 9.17) is 9.47 Å².